The number of hydrogen-bond acceptors (Lipinski definition) is 3. The normalized spacial score (nSPS) is 10.5. The number of carbonyl (C=O) groups is 1. The van der Waals surface area contributed by atoms with Gasteiger partial charge in [-0.05, 0) is 49.2 Å². The Balaban J connectivity index is 2.44. The van der Waals surface area contributed by atoms with Gasteiger partial charge in [0.15, 0.2) is 0 Å². The van der Waals surface area contributed by atoms with Crippen molar-refractivity contribution in [3.05, 3.63) is 51.2 Å². The SMILES string of the molecule is Cc1cc(Nc2cc(C(=O)O)c(N)cc2F)cc(C)c1Br. The van der Waals surface area contributed by atoms with E-state index < -0.39 is 11.8 Å². The molecular formula is C15H14BrFN2O2. The number of nitrogens with one attached hydrogen (secondary N) is 1. The van der Waals surface area contributed by atoms with E-state index >= 15 is 0 Å². The van der Waals surface area contributed by atoms with E-state index in [4.69, 9.17) is 10.8 Å². The Kier molecular flexibility index (Phi) is 4.18. The van der Waals surface area contributed by atoms with Gasteiger partial charge in [-0.3, -0.25) is 0 Å². The largest absolute Gasteiger partial charge is 0.478 e. The molecule has 110 valence electrons. The molecule has 0 aliphatic rings. The number of carboxylic acid groups (broad SMARTS) is 1. The van der Waals surface area contributed by atoms with Crippen molar-refractivity contribution < 1.29 is 14.3 Å². The summed E-state index contributed by atoms with van der Waals surface area (Å²) in [6.45, 7) is 3.84. The lowest BCUT2D eigenvalue weighted by Crippen LogP contribution is -2.05. The molecule has 0 radical (unpaired) electrons. The minimum Gasteiger partial charge on any atom is -0.478 e. The zero-order valence-corrected chi connectivity index (χ0v) is 13.1. The second kappa shape index (κ2) is 5.73. The summed E-state index contributed by atoms with van der Waals surface area (Å²) in [7, 11) is 0. The van der Waals surface area contributed by atoms with Gasteiger partial charge in [0.05, 0.1) is 11.3 Å². The van der Waals surface area contributed by atoms with Gasteiger partial charge >= 0.3 is 5.97 Å². The maximum absolute atomic E-state index is 13.9. The van der Waals surface area contributed by atoms with Crippen molar-refractivity contribution in [2.24, 2.45) is 0 Å². The maximum atomic E-state index is 13.9. The van der Waals surface area contributed by atoms with Crippen LogP contribution in [0, 0.1) is 19.7 Å². The summed E-state index contributed by atoms with van der Waals surface area (Å²) in [6, 6.07) is 5.88. The highest BCUT2D eigenvalue weighted by Crippen LogP contribution is 2.29. The van der Waals surface area contributed by atoms with Crippen LogP contribution in [-0.4, -0.2) is 11.1 Å². The van der Waals surface area contributed by atoms with Gasteiger partial charge in [0.2, 0.25) is 0 Å². The molecule has 0 heterocycles. The summed E-state index contributed by atoms with van der Waals surface area (Å²) in [5.41, 5.74) is 7.99. The first-order chi connectivity index (χ1) is 9.79. The zero-order valence-electron chi connectivity index (χ0n) is 11.5. The Labute approximate surface area is 129 Å². The molecular weight excluding hydrogens is 339 g/mol. The van der Waals surface area contributed by atoms with Gasteiger partial charge in [0, 0.05) is 15.8 Å². The fourth-order valence-corrected chi connectivity index (χ4v) is 2.27. The van der Waals surface area contributed by atoms with Crippen LogP contribution in [0.1, 0.15) is 21.5 Å². The summed E-state index contributed by atoms with van der Waals surface area (Å²) in [5.74, 6) is -1.80. The standard InChI is InChI=1S/C15H14BrFN2O2/c1-7-3-9(4-8(2)14(7)16)19-13-5-10(15(20)21)12(18)6-11(13)17/h3-6,19H,18H2,1-2H3,(H,20,21). The third-order valence-electron chi connectivity index (χ3n) is 3.09. The number of rotatable bonds is 3. The summed E-state index contributed by atoms with van der Waals surface area (Å²) < 4.78 is 14.9. The number of hydrogen-bond donors (Lipinski definition) is 3. The first-order valence-corrected chi connectivity index (χ1v) is 6.95. The Morgan fingerprint density at radius 2 is 1.81 bits per heavy atom. The lowest BCUT2D eigenvalue weighted by molar-refractivity contribution is 0.0698. The average molecular weight is 353 g/mol. The first kappa shape index (κ1) is 15.3. The highest BCUT2D eigenvalue weighted by atomic mass is 79.9. The summed E-state index contributed by atoms with van der Waals surface area (Å²) >= 11 is 3.46. The highest BCUT2D eigenvalue weighted by molar-refractivity contribution is 9.10. The monoisotopic (exact) mass is 352 g/mol. The fraction of sp³-hybridized carbons (Fsp3) is 0.133. The molecule has 0 aliphatic heterocycles. The zero-order chi connectivity index (χ0) is 15.7. The molecule has 0 atom stereocenters. The van der Waals surface area contributed by atoms with Crippen LogP contribution in [0.15, 0.2) is 28.7 Å². The summed E-state index contributed by atoms with van der Waals surface area (Å²) in [4.78, 5) is 11.1. The molecule has 0 saturated carbocycles. The van der Waals surface area contributed by atoms with Gasteiger partial charge in [-0.25, -0.2) is 9.18 Å². The molecule has 2 aromatic carbocycles. The van der Waals surface area contributed by atoms with Gasteiger partial charge < -0.3 is 16.2 Å². The smallest absolute Gasteiger partial charge is 0.337 e. The van der Waals surface area contributed by atoms with Crippen molar-refractivity contribution in [2.75, 3.05) is 11.1 Å². The third-order valence-corrected chi connectivity index (χ3v) is 4.34. The lowest BCUT2D eigenvalue weighted by Gasteiger charge is -2.13. The molecule has 6 heteroatoms. The maximum Gasteiger partial charge on any atom is 0.337 e. The van der Waals surface area contributed by atoms with E-state index in [1.807, 2.05) is 26.0 Å². The van der Waals surface area contributed by atoms with Gasteiger partial charge in [0.1, 0.15) is 5.82 Å². The van der Waals surface area contributed by atoms with Crippen molar-refractivity contribution in [3.8, 4) is 0 Å². The number of benzene rings is 2. The highest BCUT2D eigenvalue weighted by Gasteiger charge is 2.14. The van der Waals surface area contributed by atoms with E-state index in [-0.39, 0.29) is 16.9 Å². The minimum atomic E-state index is -1.20. The number of nitrogens with two attached hydrogens (primary N) is 1. The molecule has 0 fully saturated rings. The van der Waals surface area contributed by atoms with E-state index in [2.05, 4.69) is 21.2 Å². The van der Waals surface area contributed by atoms with Crippen LogP contribution in [0.3, 0.4) is 0 Å². The molecule has 4 N–H and O–H groups in total. The summed E-state index contributed by atoms with van der Waals surface area (Å²) in [6.07, 6.45) is 0. The third kappa shape index (κ3) is 3.16. The number of nitrogen functional groups attached to an aromatic ring is 1. The van der Waals surface area contributed by atoms with Crippen LogP contribution in [0.2, 0.25) is 0 Å². The van der Waals surface area contributed by atoms with Gasteiger partial charge in [-0.2, -0.15) is 0 Å². The molecule has 4 nitrogen and oxygen atoms in total. The predicted molar refractivity (Wildman–Crippen MR) is 84.7 cm³/mol. The predicted octanol–water partition coefficient (Wildman–Crippen LogP) is 4.23. The van der Waals surface area contributed by atoms with Crippen LogP contribution >= 0.6 is 15.9 Å². The van der Waals surface area contributed by atoms with Gasteiger partial charge in [0.25, 0.3) is 0 Å². The Bertz CT molecular complexity index is 709. The van der Waals surface area contributed by atoms with Crippen molar-refractivity contribution in [2.45, 2.75) is 13.8 Å². The van der Waals surface area contributed by atoms with Crippen LogP contribution in [0.4, 0.5) is 21.5 Å². The molecule has 2 rings (SSSR count). The van der Waals surface area contributed by atoms with Crippen LogP contribution in [0.5, 0.6) is 0 Å². The second-order valence-corrected chi connectivity index (χ2v) is 5.57. The van der Waals surface area contributed by atoms with E-state index in [1.54, 1.807) is 0 Å². The molecule has 0 aliphatic carbocycles. The van der Waals surface area contributed by atoms with Crippen molar-refractivity contribution >= 4 is 39.0 Å². The average Bonchev–Trinajstić information content (AvgIpc) is 2.38. The first-order valence-electron chi connectivity index (χ1n) is 6.15. The Morgan fingerprint density at radius 3 is 2.33 bits per heavy atom. The molecule has 21 heavy (non-hydrogen) atoms. The Morgan fingerprint density at radius 1 is 1.24 bits per heavy atom. The molecule has 0 bridgehead atoms. The summed E-state index contributed by atoms with van der Waals surface area (Å²) in [5, 5.41) is 11.9. The van der Waals surface area contributed by atoms with Crippen molar-refractivity contribution in [3.63, 3.8) is 0 Å². The molecule has 0 saturated heterocycles. The molecule has 0 unspecified atom stereocenters. The molecule has 0 aromatic heterocycles. The molecule has 0 spiro atoms. The lowest BCUT2D eigenvalue weighted by atomic mass is 10.1. The minimum absolute atomic E-state index is 0.0720. The van der Waals surface area contributed by atoms with E-state index in [0.29, 0.717) is 5.69 Å². The van der Waals surface area contributed by atoms with Gasteiger partial charge in [-0.1, -0.05) is 15.9 Å². The second-order valence-electron chi connectivity index (χ2n) is 4.77. The molecule has 2 aromatic rings. The number of halogens is 2. The van der Waals surface area contributed by atoms with Crippen LogP contribution < -0.4 is 11.1 Å². The number of carboxylic acids is 1. The van der Waals surface area contributed by atoms with Crippen molar-refractivity contribution in [1.82, 2.24) is 0 Å². The number of anilines is 3. The Hall–Kier alpha value is -2.08. The number of aryl methyl sites for hydroxylation is 2. The quantitative estimate of drug-likeness (QED) is 0.722. The molecule has 0 amide bonds. The van der Waals surface area contributed by atoms with E-state index in [9.17, 15) is 9.18 Å². The van der Waals surface area contributed by atoms with E-state index in [0.717, 1.165) is 21.7 Å². The van der Waals surface area contributed by atoms with E-state index in [1.165, 1.54) is 6.07 Å². The van der Waals surface area contributed by atoms with Crippen LogP contribution in [-0.2, 0) is 0 Å². The number of aromatic carboxylic acids is 1. The van der Waals surface area contributed by atoms with Gasteiger partial charge in [-0.15, -0.1) is 0 Å². The van der Waals surface area contributed by atoms with Crippen molar-refractivity contribution in [1.29, 1.82) is 0 Å². The van der Waals surface area contributed by atoms with Crippen LogP contribution in [0.25, 0.3) is 0 Å². The topological polar surface area (TPSA) is 75.3 Å². The fourth-order valence-electron chi connectivity index (χ4n) is 2.04.